The molecule has 2 heterocycles. The highest BCUT2D eigenvalue weighted by Crippen LogP contribution is 2.27. The van der Waals surface area contributed by atoms with Gasteiger partial charge in [-0.3, -0.25) is 10.1 Å². The molecule has 2 N–H and O–H groups in total. The van der Waals surface area contributed by atoms with Crippen molar-refractivity contribution in [3.8, 4) is 0 Å². The summed E-state index contributed by atoms with van der Waals surface area (Å²) in [6.07, 6.45) is 0. The van der Waals surface area contributed by atoms with Crippen molar-refractivity contribution in [3.63, 3.8) is 0 Å². The molecule has 1 unspecified atom stereocenters. The van der Waals surface area contributed by atoms with Crippen LogP contribution in [0.2, 0.25) is 0 Å². The smallest absolute Gasteiger partial charge is 0.257 e. The van der Waals surface area contributed by atoms with E-state index in [1.807, 2.05) is 39.8 Å². The van der Waals surface area contributed by atoms with E-state index in [0.29, 0.717) is 5.96 Å². The first-order valence-corrected chi connectivity index (χ1v) is 6.40. The molecule has 0 aliphatic carbocycles. The first-order chi connectivity index (χ1) is 7.85. The number of amides is 1. The van der Waals surface area contributed by atoms with Crippen molar-refractivity contribution in [2.45, 2.75) is 39.3 Å². The number of nitrogens with one attached hydrogen (secondary N) is 2. The highest BCUT2D eigenvalue weighted by Gasteiger charge is 2.30. The molecular weight excluding hydrogens is 234 g/mol. The van der Waals surface area contributed by atoms with Crippen LogP contribution in [-0.2, 0) is 4.79 Å². The lowest BCUT2D eigenvalue weighted by Crippen LogP contribution is -2.46. The van der Waals surface area contributed by atoms with Crippen molar-refractivity contribution in [2.75, 3.05) is 0 Å². The van der Waals surface area contributed by atoms with Crippen LogP contribution in [0, 0.1) is 6.92 Å². The summed E-state index contributed by atoms with van der Waals surface area (Å²) >= 11 is 1.61. The van der Waals surface area contributed by atoms with E-state index in [9.17, 15) is 4.79 Å². The molecule has 1 amide bonds. The molecule has 1 atom stereocenters. The summed E-state index contributed by atoms with van der Waals surface area (Å²) in [4.78, 5) is 18.4. The van der Waals surface area contributed by atoms with Crippen LogP contribution in [-0.4, -0.2) is 17.4 Å². The van der Waals surface area contributed by atoms with E-state index in [1.54, 1.807) is 11.3 Å². The first kappa shape index (κ1) is 12.1. The largest absolute Gasteiger partial charge is 0.351 e. The van der Waals surface area contributed by atoms with E-state index in [0.717, 1.165) is 4.88 Å². The van der Waals surface area contributed by atoms with Crippen LogP contribution in [0.3, 0.4) is 0 Å². The molecule has 2 rings (SSSR count). The van der Waals surface area contributed by atoms with E-state index >= 15 is 0 Å². The van der Waals surface area contributed by atoms with Crippen molar-refractivity contribution in [2.24, 2.45) is 4.99 Å². The van der Waals surface area contributed by atoms with E-state index < -0.39 is 6.04 Å². The predicted molar refractivity (Wildman–Crippen MR) is 70.3 cm³/mol. The van der Waals surface area contributed by atoms with E-state index in [4.69, 9.17) is 0 Å². The van der Waals surface area contributed by atoms with E-state index in [1.165, 1.54) is 4.88 Å². The van der Waals surface area contributed by atoms with E-state index in [-0.39, 0.29) is 11.4 Å². The second-order valence-electron chi connectivity index (χ2n) is 5.19. The van der Waals surface area contributed by atoms with Gasteiger partial charge in [0.25, 0.3) is 5.91 Å². The maximum absolute atomic E-state index is 11.8. The number of carbonyl (C=O) groups excluding carboxylic acids is 1. The standard InChI is InChI=1S/C12H17N3OS/c1-7-5-6-8(17-7)9-10(16)14-11(13-9)15-12(2,3)4/h5-6,9H,1-4H3,(H2,13,14,15,16). The number of hydrogen-bond donors (Lipinski definition) is 2. The predicted octanol–water partition coefficient (Wildman–Crippen LogP) is 1.97. The second kappa shape index (κ2) is 4.14. The number of aliphatic imine (C=N–C) groups is 1. The molecule has 0 radical (unpaired) electrons. The minimum Gasteiger partial charge on any atom is -0.351 e. The quantitative estimate of drug-likeness (QED) is 0.802. The van der Waals surface area contributed by atoms with Gasteiger partial charge in [0.05, 0.1) is 0 Å². The Morgan fingerprint density at radius 1 is 1.41 bits per heavy atom. The lowest BCUT2D eigenvalue weighted by molar-refractivity contribution is -0.120. The van der Waals surface area contributed by atoms with Crippen LogP contribution < -0.4 is 10.6 Å². The molecule has 92 valence electrons. The molecule has 17 heavy (non-hydrogen) atoms. The zero-order valence-electron chi connectivity index (χ0n) is 10.5. The van der Waals surface area contributed by atoms with Crippen molar-refractivity contribution < 1.29 is 4.79 Å². The molecule has 0 aromatic carbocycles. The fourth-order valence-corrected chi connectivity index (χ4v) is 2.53. The third-order valence-electron chi connectivity index (χ3n) is 2.27. The van der Waals surface area contributed by atoms with Crippen molar-refractivity contribution in [1.82, 2.24) is 10.6 Å². The zero-order valence-corrected chi connectivity index (χ0v) is 11.3. The van der Waals surface area contributed by atoms with Gasteiger partial charge in [-0.25, -0.2) is 4.99 Å². The van der Waals surface area contributed by atoms with Crippen LogP contribution in [0.25, 0.3) is 0 Å². The van der Waals surface area contributed by atoms with Gasteiger partial charge in [-0.1, -0.05) is 0 Å². The van der Waals surface area contributed by atoms with Gasteiger partial charge >= 0.3 is 0 Å². The number of hydrogen-bond acceptors (Lipinski definition) is 4. The lowest BCUT2D eigenvalue weighted by atomic mass is 10.1. The average molecular weight is 251 g/mol. The molecule has 0 saturated heterocycles. The topological polar surface area (TPSA) is 53.5 Å². The van der Waals surface area contributed by atoms with Gasteiger partial charge in [0.15, 0.2) is 12.0 Å². The highest BCUT2D eigenvalue weighted by molar-refractivity contribution is 7.12. The van der Waals surface area contributed by atoms with Gasteiger partial charge < -0.3 is 5.32 Å². The van der Waals surface area contributed by atoms with Crippen LogP contribution in [0.4, 0.5) is 0 Å². The van der Waals surface area contributed by atoms with Crippen LogP contribution >= 0.6 is 11.3 Å². The van der Waals surface area contributed by atoms with Crippen LogP contribution in [0.5, 0.6) is 0 Å². The second-order valence-corrected chi connectivity index (χ2v) is 6.51. The molecule has 1 aliphatic heterocycles. The molecule has 1 aromatic heterocycles. The summed E-state index contributed by atoms with van der Waals surface area (Å²) in [5, 5.41) is 5.95. The summed E-state index contributed by atoms with van der Waals surface area (Å²) in [7, 11) is 0. The monoisotopic (exact) mass is 251 g/mol. The van der Waals surface area contributed by atoms with Gasteiger partial charge in [-0.2, -0.15) is 0 Å². The molecule has 0 saturated carbocycles. The Kier molecular flexibility index (Phi) is 2.95. The Balaban J connectivity index is 2.17. The number of thiophene rings is 1. The Morgan fingerprint density at radius 2 is 2.12 bits per heavy atom. The third-order valence-corrected chi connectivity index (χ3v) is 3.33. The van der Waals surface area contributed by atoms with Crippen LogP contribution in [0.15, 0.2) is 17.1 Å². The fourth-order valence-electron chi connectivity index (χ4n) is 1.62. The maximum Gasteiger partial charge on any atom is 0.257 e. The Morgan fingerprint density at radius 3 is 2.65 bits per heavy atom. The highest BCUT2D eigenvalue weighted by atomic mass is 32.1. The van der Waals surface area contributed by atoms with Gasteiger partial charge in [0.1, 0.15) is 0 Å². The molecule has 1 aromatic rings. The van der Waals surface area contributed by atoms with Crippen molar-refractivity contribution in [3.05, 3.63) is 21.9 Å². The molecule has 0 fully saturated rings. The Labute approximate surface area is 105 Å². The van der Waals surface area contributed by atoms with Crippen molar-refractivity contribution >= 4 is 23.2 Å². The normalized spacial score (nSPS) is 20.1. The summed E-state index contributed by atoms with van der Waals surface area (Å²) in [5.74, 6) is 0.511. The van der Waals surface area contributed by atoms with Gasteiger partial charge in [0, 0.05) is 15.3 Å². The minimum absolute atomic E-state index is 0.0569. The summed E-state index contributed by atoms with van der Waals surface area (Å²) < 4.78 is 0. The summed E-state index contributed by atoms with van der Waals surface area (Å²) in [6, 6.07) is 3.59. The number of carbonyl (C=O) groups is 1. The number of rotatable bonds is 1. The fraction of sp³-hybridized carbons (Fsp3) is 0.500. The molecule has 1 aliphatic rings. The molecule has 4 nitrogen and oxygen atoms in total. The van der Waals surface area contributed by atoms with Gasteiger partial charge in [-0.15, -0.1) is 11.3 Å². The van der Waals surface area contributed by atoms with Crippen LogP contribution in [0.1, 0.15) is 36.6 Å². The van der Waals surface area contributed by atoms with Gasteiger partial charge in [-0.05, 0) is 39.8 Å². The molecular formula is C12H17N3OS. The van der Waals surface area contributed by atoms with E-state index in [2.05, 4.69) is 15.6 Å². The number of nitrogens with zero attached hydrogens (tertiary/aromatic N) is 1. The average Bonchev–Trinajstić information content (AvgIpc) is 2.70. The SMILES string of the molecule is Cc1ccc(C2N=C(NC(C)(C)C)NC2=O)s1. The van der Waals surface area contributed by atoms with Crippen molar-refractivity contribution in [1.29, 1.82) is 0 Å². The number of guanidine groups is 1. The zero-order chi connectivity index (χ0) is 12.6. The Hall–Kier alpha value is -1.36. The number of aryl methyl sites for hydroxylation is 1. The third kappa shape index (κ3) is 2.85. The summed E-state index contributed by atoms with van der Waals surface area (Å²) in [5.41, 5.74) is -0.105. The first-order valence-electron chi connectivity index (χ1n) is 5.58. The van der Waals surface area contributed by atoms with Gasteiger partial charge in [0.2, 0.25) is 0 Å². The summed E-state index contributed by atoms with van der Waals surface area (Å²) in [6.45, 7) is 8.12. The molecule has 5 heteroatoms. The maximum atomic E-state index is 11.8. The Bertz CT molecular complexity index is 470. The molecule has 0 bridgehead atoms. The minimum atomic E-state index is -0.390. The lowest BCUT2D eigenvalue weighted by Gasteiger charge is -2.21. The molecule has 0 spiro atoms.